The topological polar surface area (TPSA) is 58.6 Å². The molecule has 0 unspecified atom stereocenters. The third-order valence-corrected chi connectivity index (χ3v) is 4.18. The standard InChI is InChI=1S/C19H21BrN2O3/c1-4-13-8-9-17(16(20)10-13)25-12-18(23)21-15-7-5-6-14(11-15)19(24)22(2)3/h5-11H,4,12H2,1-3H3,(H,21,23). The molecule has 5 nitrogen and oxygen atoms in total. The van der Waals surface area contributed by atoms with Crippen molar-refractivity contribution < 1.29 is 14.3 Å². The molecule has 25 heavy (non-hydrogen) atoms. The highest BCUT2D eigenvalue weighted by atomic mass is 79.9. The number of ether oxygens (including phenoxy) is 1. The van der Waals surface area contributed by atoms with Gasteiger partial charge in [0.2, 0.25) is 0 Å². The molecule has 0 bridgehead atoms. The maximum absolute atomic E-state index is 12.1. The number of carbonyl (C=O) groups is 2. The first-order valence-electron chi connectivity index (χ1n) is 7.93. The van der Waals surface area contributed by atoms with Crippen LogP contribution in [0.25, 0.3) is 0 Å². The van der Waals surface area contributed by atoms with Crippen molar-refractivity contribution in [1.82, 2.24) is 4.90 Å². The molecule has 0 aliphatic rings. The molecule has 2 aromatic carbocycles. The number of hydrogen-bond donors (Lipinski definition) is 1. The van der Waals surface area contributed by atoms with Crippen molar-refractivity contribution in [3.05, 3.63) is 58.1 Å². The van der Waals surface area contributed by atoms with Crippen LogP contribution in [-0.4, -0.2) is 37.4 Å². The average Bonchev–Trinajstić information content (AvgIpc) is 2.60. The van der Waals surface area contributed by atoms with E-state index in [1.165, 1.54) is 10.5 Å². The van der Waals surface area contributed by atoms with E-state index in [1.54, 1.807) is 38.4 Å². The highest BCUT2D eigenvalue weighted by Crippen LogP contribution is 2.26. The Morgan fingerprint density at radius 1 is 1.16 bits per heavy atom. The zero-order valence-electron chi connectivity index (χ0n) is 14.5. The second-order valence-electron chi connectivity index (χ2n) is 5.74. The van der Waals surface area contributed by atoms with Crippen molar-refractivity contribution in [2.75, 3.05) is 26.0 Å². The van der Waals surface area contributed by atoms with Crippen LogP contribution in [0.4, 0.5) is 5.69 Å². The van der Waals surface area contributed by atoms with Gasteiger partial charge in [-0.1, -0.05) is 19.1 Å². The van der Waals surface area contributed by atoms with E-state index < -0.39 is 0 Å². The number of anilines is 1. The summed E-state index contributed by atoms with van der Waals surface area (Å²) in [5.41, 5.74) is 2.26. The number of amides is 2. The van der Waals surface area contributed by atoms with E-state index in [4.69, 9.17) is 4.74 Å². The first-order valence-corrected chi connectivity index (χ1v) is 8.72. The van der Waals surface area contributed by atoms with Gasteiger partial charge in [0.15, 0.2) is 6.61 Å². The van der Waals surface area contributed by atoms with E-state index in [9.17, 15) is 9.59 Å². The Balaban J connectivity index is 1.97. The van der Waals surface area contributed by atoms with Crippen molar-refractivity contribution in [1.29, 1.82) is 0 Å². The molecule has 1 N–H and O–H groups in total. The normalized spacial score (nSPS) is 10.2. The van der Waals surface area contributed by atoms with Gasteiger partial charge in [0.25, 0.3) is 11.8 Å². The molecule has 0 heterocycles. The molecule has 0 saturated heterocycles. The molecule has 2 aromatic rings. The summed E-state index contributed by atoms with van der Waals surface area (Å²) in [7, 11) is 3.37. The lowest BCUT2D eigenvalue weighted by Gasteiger charge is -2.12. The number of nitrogens with one attached hydrogen (secondary N) is 1. The fourth-order valence-corrected chi connectivity index (χ4v) is 2.75. The van der Waals surface area contributed by atoms with Crippen LogP contribution in [0.3, 0.4) is 0 Å². The first kappa shape index (κ1) is 19.0. The third kappa shape index (κ3) is 5.32. The molecule has 0 aliphatic heterocycles. The van der Waals surface area contributed by atoms with Crippen LogP contribution in [0.2, 0.25) is 0 Å². The Morgan fingerprint density at radius 2 is 1.92 bits per heavy atom. The molecule has 0 saturated carbocycles. The van der Waals surface area contributed by atoms with E-state index in [1.807, 2.05) is 18.2 Å². The van der Waals surface area contributed by atoms with Crippen LogP contribution >= 0.6 is 15.9 Å². The Bertz CT molecular complexity index is 775. The van der Waals surface area contributed by atoms with Crippen molar-refractivity contribution >= 4 is 33.4 Å². The average molecular weight is 405 g/mol. The number of halogens is 1. The molecule has 2 amide bonds. The van der Waals surface area contributed by atoms with E-state index in [-0.39, 0.29) is 18.4 Å². The van der Waals surface area contributed by atoms with Gasteiger partial charge >= 0.3 is 0 Å². The molecule has 0 atom stereocenters. The Morgan fingerprint density at radius 3 is 2.56 bits per heavy atom. The zero-order chi connectivity index (χ0) is 18.4. The van der Waals surface area contributed by atoms with E-state index in [0.717, 1.165) is 10.9 Å². The minimum Gasteiger partial charge on any atom is -0.483 e. The second-order valence-corrected chi connectivity index (χ2v) is 6.59. The highest BCUT2D eigenvalue weighted by molar-refractivity contribution is 9.10. The van der Waals surface area contributed by atoms with Gasteiger partial charge in [-0.3, -0.25) is 9.59 Å². The van der Waals surface area contributed by atoms with Gasteiger partial charge in [-0.05, 0) is 58.2 Å². The second kappa shape index (κ2) is 8.67. The Labute approximate surface area is 156 Å². The zero-order valence-corrected chi connectivity index (χ0v) is 16.1. The summed E-state index contributed by atoms with van der Waals surface area (Å²) in [5, 5.41) is 2.74. The Kier molecular flexibility index (Phi) is 6.58. The maximum atomic E-state index is 12.1. The van der Waals surface area contributed by atoms with Crippen LogP contribution in [0.15, 0.2) is 46.9 Å². The highest BCUT2D eigenvalue weighted by Gasteiger charge is 2.10. The third-order valence-electron chi connectivity index (χ3n) is 3.56. The van der Waals surface area contributed by atoms with Crippen molar-refractivity contribution in [2.45, 2.75) is 13.3 Å². The van der Waals surface area contributed by atoms with Crippen LogP contribution in [0, 0.1) is 0 Å². The van der Waals surface area contributed by atoms with Crippen LogP contribution in [0.5, 0.6) is 5.75 Å². The molecule has 0 radical (unpaired) electrons. The van der Waals surface area contributed by atoms with E-state index in [2.05, 4.69) is 28.2 Å². The quantitative estimate of drug-likeness (QED) is 0.797. The largest absolute Gasteiger partial charge is 0.483 e. The summed E-state index contributed by atoms with van der Waals surface area (Å²) in [6.07, 6.45) is 0.932. The van der Waals surface area contributed by atoms with Gasteiger partial charge in [-0.25, -0.2) is 0 Å². The lowest BCUT2D eigenvalue weighted by Crippen LogP contribution is -2.23. The van der Waals surface area contributed by atoms with Crippen molar-refractivity contribution in [2.24, 2.45) is 0 Å². The summed E-state index contributed by atoms with van der Waals surface area (Å²) >= 11 is 3.45. The first-order chi connectivity index (χ1) is 11.9. The summed E-state index contributed by atoms with van der Waals surface area (Å²) in [6, 6.07) is 12.6. The molecule has 0 fully saturated rings. The number of hydrogen-bond acceptors (Lipinski definition) is 3. The summed E-state index contributed by atoms with van der Waals surface area (Å²) in [5.74, 6) is 0.206. The van der Waals surface area contributed by atoms with Gasteiger partial charge in [0.1, 0.15) is 5.75 Å². The van der Waals surface area contributed by atoms with Crippen LogP contribution < -0.4 is 10.1 Å². The van der Waals surface area contributed by atoms with Gasteiger partial charge < -0.3 is 15.0 Å². The Hall–Kier alpha value is -2.34. The van der Waals surface area contributed by atoms with Crippen LogP contribution in [-0.2, 0) is 11.2 Å². The molecular weight excluding hydrogens is 384 g/mol. The maximum Gasteiger partial charge on any atom is 0.262 e. The summed E-state index contributed by atoms with van der Waals surface area (Å²) in [6.45, 7) is 1.96. The van der Waals surface area contributed by atoms with Gasteiger partial charge in [-0.2, -0.15) is 0 Å². The smallest absolute Gasteiger partial charge is 0.262 e. The predicted octanol–water partition coefficient (Wildman–Crippen LogP) is 3.73. The van der Waals surface area contributed by atoms with Gasteiger partial charge in [0.05, 0.1) is 4.47 Å². The number of nitrogens with zero attached hydrogens (tertiary/aromatic N) is 1. The van der Waals surface area contributed by atoms with Crippen molar-refractivity contribution in [3.8, 4) is 5.75 Å². The molecule has 6 heteroatoms. The summed E-state index contributed by atoms with van der Waals surface area (Å²) in [4.78, 5) is 25.5. The molecule has 132 valence electrons. The van der Waals surface area contributed by atoms with Gasteiger partial charge in [-0.15, -0.1) is 0 Å². The minimum absolute atomic E-state index is 0.115. The fraction of sp³-hybridized carbons (Fsp3) is 0.263. The lowest BCUT2D eigenvalue weighted by molar-refractivity contribution is -0.118. The fourth-order valence-electron chi connectivity index (χ4n) is 2.21. The van der Waals surface area contributed by atoms with Crippen molar-refractivity contribution in [3.63, 3.8) is 0 Å². The number of rotatable bonds is 6. The molecular formula is C19H21BrN2O3. The summed E-state index contributed by atoms with van der Waals surface area (Å²) < 4.78 is 6.37. The number of benzene rings is 2. The molecule has 2 rings (SSSR count). The van der Waals surface area contributed by atoms with E-state index >= 15 is 0 Å². The van der Waals surface area contributed by atoms with E-state index in [0.29, 0.717) is 17.0 Å². The molecule has 0 spiro atoms. The number of carbonyl (C=O) groups excluding carboxylic acids is 2. The minimum atomic E-state index is -0.291. The molecule has 0 aliphatic carbocycles. The van der Waals surface area contributed by atoms with Crippen LogP contribution in [0.1, 0.15) is 22.8 Å². The predicted molar refractivity (Wildman–Crippen MR) is 102 cm³/mol. The number of aryl methyl sites for hydroxylation is 1. The van der Waals surface area contributed by atoms with Gasteiger partial charge in [0, 0.05) is 25.3 Å². The SMILES string of the molecule is CCc1ccc(OCC(=O)Nc2cccc(C(=O)N(C)C)c2)c(Br)c1. The monoisotopic (exact) mass is 404 g/mol. The molecule has 0 aromatic heterocycles. The lowest BCUT2D eigenvalue weighted by atomic mass is 10.2.